The third-order valence-electron chi connectivity index (χ3n) is 5.22. The largest absolute Gasteiger partial charge is 0.490 e. The summed E-state index contributed by atoms with van der Waals surface area (Å²) in [5, 5.41) is -0.426. The van der Waals surface area contributed by atoms with Gasteiger partial charge in [0, 0.05) is 13.1 Å². The molecule has 168 valence electrons. The Labute approximate surface area is 195 Å². The zero-order valence-electron chi connectivity index (χ0n) is 18.0. The van der Waals surface area contributed by atoms with Gasteiger partial charge in [-0.25, -0.2) is 0 Å². The van der Waals surface area contributed by atoms with Crippen LogP contribution in [0, 0.1) is 5.92 Å². The van der Waals surface area contributed by atoms with E-state index >= 15 is 0 Å². The summed E-state index contributed by atoms with van der Waals surface area (Å²) in [4.78, 5) is 40.9. The molecule has 1 aromatic carbocycles. The van der Waals surface area contributed by atoms with E-state index in [4.69, 9.17) is 9.47 Å². The van der Waals surface area contributed by atoms with Crippen LogP contribution in [0.25, 0.3) is 6.08 Å². The highest BCUT2D eigenvalue weighted by Gasteiger charge is 2.37. The van der Waals surface area contributed by atoms with E-state index in [2.05, 4.69) is 22.9 Å². The zero-order chi connectivity index (χ0) is 22.5. The number of hydrogen-bond acceptors (Lipinski definition) is 6. The maximum Gasteiger partial charge on any atom is 0.294 e. The Morgan fingerprint density at radius 2 is 1.87 bits per heavy atom. The summed E-state index contributed by atoms with van der Waals surface area (Å²) in [5.41, 5.74) is 0.695. The average molecular weight is 511 g/mol. The smallest absolute Gasteiger partial charge is 0.294 e. The van der Waals surface area contributed by atoms with Crippen LogP contribution in [0.5, 0.6) is 11.5 Å². The molecule has 3 amide bonds. The Morgan fingerprint density at radius 3 is 2.52 bits per heavy atom. The molecule has 0 saturated carbocycles. The number of benzene rings is 1. The lowest BCUT2D eigenvalue weighted by Gasteiger charge is -2.31. The molecule has 0 spiro atoms. The van der Waals surface area contributed by atoms with Crippen LogP contribution in [0.3, 0.4) is 0 Å². The molecule has 9 heteroatoms. The minimum absolute atomic E-state index is 0.183. The number of halogens is 1. The third-order valence-corrected chi connectivity index (χ3v) is 6.72. The van der Waals surface area contributed by atoms with Crippen LogP contribution in [0.1, 0.15) is 39.2 Å². The molecule has 0 atom stereocenters. The first-order valence-corrected chi connectivity index (χ1v) is 12.1. The molecule has 0 aromatic heterocycles. The monoisotopic (exact) mass is 510 g/mol. The molecule has 2 aliphatic heterocycles. The van der Waals surface area contributed by atoms with Crippen LogP contribution in [-0.2, 0) is 9.59 Å². The van der Waals surface area contributed by atoms with Crippen molar-refractivity contribution < 1.29 is 23.9 Å². The van der Waals surface area contributed by atoms with Crippen molar-refractivity contribution in [2.45, 2.75) is 33.6 Å². The summed E-state index contributed by atoms with van der Waals surface area (Å²) in [7, 11) is 0. The number of nitrogens with zero attached hydrogens (tertiary/aromatic N) is 2. The number of hydrogen-bond donors (Lipinski definition) is 0. The molecule has 3 rings (SSSR count). The Bertz CT molecular complexity index is 896. The van der Waals surface area contributed by atoms with Crippen molar-refractivity contribution in [3.8, 4) is 11.5 Å². The van der Waals surface area contributed by atoms with E-state index in [0.717, 1.165) is 29.5 Å². The first-order valence-electron chi connectivity index (χ1n) is 10.5. The number of ether oxygens (including phenoxy) is 2. The maximum absolute atomic E-state index is 12.8. The molecule has 2 saturated heterocycles. The van der Waals surface area contributed by atoms with Crippen molar-refractivity contribution >= 4 is 50.8 Å². The number of piperidine rings is 1. The highest BCUT2D eigenvalue weighted by atomic mass is 79.9. The summed E-state index contributed by atoms with van der Waals surface area (Å²) in [5.74, 6) is 1.11. The fourth-order valence-corrected chi connectivity index (χ4v) is 4.91. The fraction of sp³-hybridized carbons (Fsp3) is 0.500. The molecule has 0 unspecified atom stereocenters. The number of rotatable bonds is 7. The minimum Gasteiger partial charge on any atom is -0.490 e. The van der Waals surface area contributed by atoms with Crippen LogP contribution in [0.4, 0.5) is 4.79 Å². The molecule has 0 bridgehead atoms. The van der Waals surface area contributed by atoms with Crippen LogP contribution in [0.15, 0.2) is 21.5 Å². The summed E-state index contributed by atoms with van der Waals surface area (Å²) in [6, 6.07) is 3.58. The molecule has 1 aromatic rings. The van der Waals surface area contributed by atoms with Crippen molar-refractivity contribution in [2.24, 2.45) is 5.92 Å². The number of likely N-dealkylation sites (tertiary alicyclic amines) is 1. The van der Waals surface area contributed by atoms with Crippen molar-refractivity contribution in [3.63, 3.8) is 0 Å². The minimum atomic E-state index is -0.448. The standard InChI is InChI=1S/C22H27BrN2O5S/c1-4-29-17-11-15(10-16(23)20(17)30-5-2)12-18-21(27)25(22(28)31-18)13-19(26)24-8-6-14(3)7-9-24/h10-12,14H,4-9,13H2,1-3H3/b18-12+. The van der Waals surface area contributed by atoms with Crippen LogP contribution in [0.2, 0.25) is 0 Å². The van der Waals surface area contributed by atoms with Gasteiger partial charge < -0.3 is 14.4 Å². The van der Waals surface area contributed by atoms with E-state index in [1.807, 2.05) is 19.9 Å². The van der Waals surface area contributed by atoms with Gasteiger partial charge in [-0.05, 0) is 84.1 Å². The molecule has 2 heterocycles. The van der Waals surface area contributed by atoms with Gasteiger partial charge in [-0.3, -0.25) is 19.3 Å². The zero-order valence-corrected chi connectivity index (χ0v) is 20.4. The topological polar surface area (TPSA) is 76.2 Å². The lowest BCUT2D eigenvalue weighted by atomic mass is 9.99. The first-order chi connectivity index (χ1) is 14.8. The van der Waals surface area contributed by atoms with Crippen molar-refractivity contribution in [3.05, 3.63) is 27.1 Å². The van der Waals surface area contributed by atoms with Crippen LogP contribution in [-0.4, -0.2) is 59.7 Å². The van der Waals surface area contributed by atoms with E-state index in [0.29, 0.717) is 53.8 Å². The third kappa shape index (κ3) is 5.63. The summed E-state index contributed by atoms with van der Waals surface area (Å²) < 4.78 is 12.0. The van der Waals surface area contributed by atoms with E-state index in [9.17, 15) is 14.4 Å². The summed E-state index contributed by atoms with van der Waals surface area (Å²) in [6.45, 7) is 8.01. The Hall–Kier alpha value is -2.00. The predicted octanol–water partition coefficient (Wildman–Crippen LogP) is 4.54. The Balaban J connectivity index is 1.76. The summed E-state index contributed by atoms with van der Waals surface area (Å²) >= 11 is 4.33. The second-order valence-corrected chi connectivity index (χ2v) is 9.37. The number of carbonyl (C=O) groups excluding carboxylic acids is 3. The molecule has 0 radical (unpaired) electrons. The molecule has 7 nitrogen and oxygen atoms in total. The second-order valence-electron chi connectivity index (χ2n) is 7.53. The van der Waals surface area contributed by atoms with Gasteiger partial charge in [-0.2, -0.15) is 0 Å². The lowest BCUT2D eigenvalue weighted by molar-refractivity contribution is -0.136. The van der Waals surface area contributed by atoms with Gasteiger partial charge in [-0.15, -0.1) is 0 Å². The SMILES string of the molecule is CCOc1cc(/C=C2/SC(=O)N(CC(=O)N3CCC(C)CC3)C2=O)cc(Br)c1OCC. The number of imide groups is 1. The highest BCUT2D eigenvalue weighted by Crippen LogP contribution is 2.39. The fourth-order valence-electron chi connectivity index (χ4n) is 3.50. The van der Waals surface area contributed by atoms with Crippen LogP contribution >= 0.6 is 27.7 Å². The predicted molar refractivity (Wildman–Crippen MR) is 124 cm³/mol. The summed E-state index contributed by atoms with van der Waals surface area (Å²) in [6.07, 6.45) is 3.53. The van der Waals surface area contributed by atoms with Gasteiger partial charge in [0.15, 0.2) is 11.5 Å². The Morgan fingerprint density at radius 1 is 1.19 bits per heavy atom. The molecule has 31 heavy (non-hydrogen) atoms. The number of amides is 3. The van der Waals surface area contributed by atoms with E-state index in [-0.39, 0.29) is 17.4 Å². The van der Waals surface area contributed by atoms with E-state index < -0.39 is 11.1 Å². The molecular formula is C22H27BrN2O5S. The van der Waals surface area contributed by atoms with E-state index in [1.54, 1.807) is 17.0 Å². The number of thioether (sulfide) groups is 1. The average Bonchev–Trinajstić information content (AvgIpc) is 2.98. The maximum atomic E-state index is 12.8. The van der Waals surface area contributed by atoms with Gasteiger partial charge in [0.05, 0.1) is 22.6 Å². The van der Waals surface area contributed by atoms with Gasteiger partial charge in [0.25, 0.3) is 11.1 Å². The molecule has 2 aliphatic rings. The Kier molecular flexibility index (Phi) is 8.05. The quantitative estimate of drug-likeness (QED) is 0.501. The molecule has 0 N–H and O–H groups in total. The van der Waals surface area contributed by atoms with Crippen molar-refractivity contribution in [2.75, 3.05) is 32.8 Å². The van der Waals surface area contributed by atoms with Gasteiger partial charge >= 0.3 is 0 Å². The van der Waals surface area contributed by atoms with Crippen molar-refractivity contribution in [1.82, 2.24) is 9.80 Å². The van der Waals surface area contributed by atoms with Gasteiger partial charge in [0.2, 0.25) is 5.91 Å². The second kappa shape index (κ2) is 10.5. The van der Waals surface area contributed by atoms with Crippen molar-refractivity contribution in [1.29, 1.82) is 0 Å². The molecule has 2 fully saturated rings. The highest BCUT2D eigenvalue weighted by molar-refractivity contribution is 9.10. The first kappa shape index (κ1) is 23.7. The van der Waals surface area contributed by atoms with Crippen LogP contribution < -0.4 is 9.47 Å². The molecule has 0 aliphatic carbocycles. The van der Waals surface area contributed by atoms with Gasteiger partial charge in [0.1, 0.15) is 6.54 Å². The van der Waals surface area contributed by atoms with Gasteiger partial charge in [-0.1, -0.05) is 6.92 Å². The molecular weight excluding hydrogens is 484 g/mol. The normalized spacial score (nSPS) is 18.8. The van der Waals surface area contributed by atoms with E-state index in [1.165, 1.54) is 0 Å². The number of carbonyl (C=O) groups is 3. The lowest BCUT2D eigenvalue weighted by Crippen LogP contribution is -2.45.